The van der Waals surface area contributed by atoms with E-state index in [-0.39, 0.29) is 47.4 Å². The van der Waals surface area contributed by atoms with Crippen LogP contribution < -0.4 is 10.6 Å². The molecule has 0 saturated carbocycles. The van der Waals surface area contributed by atoms with Crippen LogP contribution in [0.3, 0.4) is 0 Å². The summed E-state index contributed by atoms with van der Waals surface area (Å²) in [6.45, 7) is 1.63. The number of amides is 2. The van der Waals surface area contributed by atoms with Gasteiger partial charge in [0.2, 0.25) is 21.8 Å². The Hall–Kier alpha value is -2.23. The Kier molecular flexibility index (Phi) is 5.64. The summed E-state index contributed by atoms with van der Waals surface area (Å²) in [4.78, 5) is 26.8. The summed E-state index contributed by atoms with van der Waals surface area (Å²) < 4.78 is 27.6. The van der Waals surface area contributed by atoms with Gasteiger partial charge in [-0.3, -0.25) is 14.6 Å². The Bertz CT molecular complexity index is 990. The Balaban J connectivity index is 1.78. The van der Waals surface area contributed by atoms with Crippen LogP contribution in [0.1, 0.15) is 13.3 Å². The highest BCUT2D eigenvalue weighted by Crippen LogP contribution is 2.32. The van der Waals surface area contributed by atoms with Gasteiger partial charge in [0.15, 0.2) is 0 Å². The number of pyridine rings is 1. The number of carbonyl (C=O) groups is 2. The third-order valence-electron chi connectivity index (χ3n) is 4.33. The molecule has 2 aromatic rings. The number of halogens is 1. The first kappa shape index (κ1) is 19.5. The lowest BCUT2D eigenvalue weighted by Gasteiger charge is -2.18. The number of benzene rings is 1. The molecular weight excluding hydrogens is 392 g/mol. The van der Waals surface area contributed by atoms with Crippen LogP contribution in [0.25, 0.3) is 10.8 Å². The minimum absolute atomic E-state index is 0.123. The molecule has 1 aromatic carbocycles. The van der Waals surface area contributed by atoms with Crippen LogP contribution in [-0.2, 0) is 19.6 Å². The van der Waals surface area contributed by atoms with E-state index >= 15 is 0 Å². The molecule has 0 bridgehead atoms. The maximum atomic E-state index is 13.1. The van der Waals surface area contributed by atoms with E-state index in [0.717, 1.165) is 0 Å². The maximum Gasteiger partial charge on any atom is 0.243 e. The van der Waals surface area contributed by atoms with Crippen molar-refractivity contribution in [3.05, 3.63) is 35.6 Å². The zero-order valence-electron chi connectivity index (χ0n) is 14.6. The third kappa shape index (κ3) is 4.20. The number of hydrogen-bond donors (Lipinski definition) is 2. The van der Waals surface area contributed by atoms with Gasteiger partial charge in [-0.15, -0.1) is 0 Å². The molecule has 0 spiro atoms. The predicted octanol–water partition coefficient (Wildman–Crippen LogP) is 0.904. The first-order chi connectivity index (χ1) is 12.8. The lowest BCUT2D eigenvalue weighted by atomic mass is 10.2. The molecule has 0 unspecified atom stereocenters. The van der Waals surface area contributed by atoms with Gasteiger partial charge in [0, 0.05) is 49.2 Å². The highest BCUT2D eigenvalue weighted by Gasteiger charge is 2.34. The lowest BCUT2D eigenvalue weighted by Crippen LogP contribution is -2.43. The molecule has 1 saturated heterocycles. The highest BCUT2D eigenvalue weighted by molar-refractivity contribution is 7.89. The topological polar surface area (TPSA) is 108 Å². The van der Waals surface area contributed by atoms with Crippen LogP contribution in [-0.4, -0.2) is 55.2 Å². The van der Waals surface area contributed by atoms with Gasteiger partial charge in [-0.05, 0) is 12.5 Å². The summed E-state index contributed by atoms with van der Waals surface area (Å²) in [7, 11) is -3.78. The minimum atomic E-state index is -3.78. The molecule has 10 heteroatoms. The van der Waals surface area contributed by atoms with Crippen LogP contribution in [0.15, 0.2) is 35.5 Å². The fraction of sp³-hybridized carbons (Fsp3) is 0.353. The first-order valence-electron chi connectivity index (χ1n) is 8.35. The monoisotopic (exact) mass is 410 g/mol. The molecule has 144 valence electrons. The van der Waals surface area contributed by atoms with E-state index in [0.29, 0.717) is 17.2 Å². The Labute approximate surface area is 161 Å². The lowest BCUT2D eigenvalue weighted by molar-refractivity contribution is -0.125. The number of hydrogen-bond acceptors (Lipinski definition) is 5. The molecule has 1 aliphatic heterocycles. The van der Waals surface area contributed by atoms with E-state index in [9.17, 15) is 18.0 Å². The second-order valence-electron chi connectivity index (χ2n) is 6.30. The van der Waals surface area contributed by atoms with Crippen LogP contribution in [0.2, 0.25) is 5.02 Å². The zero-order chi connectivity index (χ0) is 19.6. The molecule has 1 aromatic heterocycles. The van der Waals surface area contributed by atoms with Crippen LogP contribution in [0.4, 0.5) is 0 Å². The van der Waals surface area contributed by atoms with Crippen molar-refractivity contribution in [2.75, 3.05) is 19.6 Å². The quantitative estimate of drug-likeness (QED) is 0.761. The summed E-state index contributed by atoms with van der Waals surface area (Å²) in [6, 6.07) is 4.61. The van der Waals surface area contributed by atoms with E-state index in [2.05, 4.69) is 15.6 Å². The fourth-order valence-electron chi connectivity index (χ4n) is 3.06. The van der Waals surface area contributed by atoms with E-state index in [1.165, 1.54) is 23.5 Å². The zero-order valence-corrected chi connectivity index (χ0v) is 16.2. The molecule has 27 heavy (non-hydrogen) atoms. The van der Waals surface area contributed by atoms with E-state index in [1.807, 2.05) is 0 Å². The number of rotatable bonds is 5. The molecule has 2 heterocycles. The highest BCUT2D eigenvalue weighted by atomic mass is 35.5. The van der Waals surface area contributed by atoms with Gasteiger partial charge in [0.1, 0.15) is 0 Å². The molecule has 2 N–H and O–H groups in total. The number of fused-ring (bicyclic) bond motifs is 1. The summed E-state index contributed by atoms with van der Waals surface area (Å²) in [5, 5.41) is 6.50. The number of carbonyl (C=O) groups excluding carboxylic acids is 2. The second kappa shape index (κ2) is 7.79. The van der Waals surface area contributed by atoms with Gasteiger partial charge in [-0.1, -0.05) is 23.7 Å². The molecule has 1 aliphatic rings. The maximum absolute atomic E-state index is 13.1. The number of aromatic nitrogens is 1. The van der Waals surface area contributed by atoms with Crippen molar-refractivity contribution in [1.29, 1.82) is 0 Å². The van der Waals surface area contributed by atoms with Crippen molar-refractivity contribution in [2.24, 2.45) is 0 Å². The summed E-state index contributed by atoms with van der Waals surface area (Å²) in [5.41, 5.74) is 0. The largest absolute Gasteiger partial charge is 0.350 e. The van der Waals surface area contributed by atoms with E-state index < -0.39 is 10.0 Å². The van der Waals surface area contributed by atoms with Crippen molar-refractivity contribution in [3.8, 4) is 0 Å². The molecule has 0 radical (unpaired) electrons. The van der Waals surface area contributed by atoms with Gasteiger partial charge < -0.3 is 10.6 Å². The first-order valence-corrected chi connectivity index (χ1v) is 10.2. The summed E-state index contributed by atoms with van der Waals surface area (Å²) >= 11 is 6.20. The number of nitrogens with zero attached hydrogens (tertiary/aromatic N) is 2. The fourth-order valence-corrected chi connectivity index (χ4v) is 5.12. The van der Waals surface area contributed by atoms with E-state index in [4.69, 9.17) is 11.6 Å². The van der Waals surface area contributed by atoms with E-state index in [1.54, 1.807) is 18.3 Å². The molecule has 0 aliphatic carbocycles. The third-order valence-corrected chi connectivity index (χ3v) is 6.52. The molecular formula is C17H19ClN4O4S. The number of nitrogens with one attached hydrogen (secondary N) is 2. The van der Waals surface area contributed by atoms with Gasteiger partial charge in [0.25, 0.3) is 0 Å². The van der Waals surface area contributed by atoms with Crippen LogP contribution in [0.5, 0.6) is 0 Å². The van der Waals surface area contributed by atoms with Gasteiger partial charge in [-0.2, -0.15) is 4.31 Å². The summed E-state index contributed by atoms with van der Waals surface area (Å²) in [6.07, 6.45) is 3.47. The molecule has 1 atom stereocenters. The Morgan fingerprint density at radius 3 is 2.85 bits per heavy atom. The van der Waals surface area contributed by atoms with Gasteiger partial charge >= 0.3 is 0 Å². The minimum Gasteiger partial charge on any atom is -0.350 e. The average Bonchev–Trinajstić information content (AvgIpc) is 3.09. The standard InChI is InChI=1S/C17H19ClN4O4S/c1-11(23)20-9-16(24)21-13-5-6-22(10-13)27(25,26)15-4-2-3-12-7-19-8-14(18)17(12)15/h2-4,7-8,13H,5-6,9-10H2,1H3,(H,20,23)(H,21,24)/t13-/m0/s1. The van der Waals surface area contributed by atoms with Crippen molar-refractivity contribution < 1.29 is 18.0 Å². The summed E-state index contributed by atoms with van der Waals surface area (Å²) in [5.74, 6) is -0.656. The molecule has 1 fully saturated rings. The van der Waals surface area contributed by atoms with Crippen molar-refractivity contribution >= 4 is 44.2 Å². The van der Waals surface area contributed by atoms with Crippen molar-refractivity contribution in [3.63, 3.8) is 0 Å². The Morgan fingerprint density at radius 1 is 1.33 bits per heavy atom. The van der Waals surface area contributed by atoms with Crippen molar-refractivity contribution in [1.82, 2.24) is 19.9 Å². The average molecular weight is 411 g/mol. The van der Waals surface area contributed by atoms with Gasteiger partial charge in [0.05, 0.1) is 16.5 Å². The molecule has 2 amide bonds. The van der Waals surface area contributed by atoms with Gasteiger partial charge in [-0.25, -0.2) is 8.42 Å². The van der Waals surface area contributed by atoms with Crippen LogP contribution in [0, 0.1) is 0 Å². The normalized spacial score (nSPS) is 17.8. The Morgan fingerprint density at radius 2 is 2.11 bits per heavy atom. The molecule has 3 rings (SSSR count). The molecule has 8 nitrogen and oxygen atoms in total. The second-order valence-corrected chi connectivity index (χ2v) is 8.62. The number of sulfonamides is 1. The SMILES string of the molecule is CC(=O)NCC(=O)N[C@H]1CCN(S(=O)(=O)c2cccc3cncc(Cl)c23)C1. The van der Waals surface area contributed by atoms with Crippen molar-refractivity contribution in [2.45, 2.75) is 24.3 Å². The predicted molar refractivity (Wildman–Crippen MR) is 101 cm³/mol. The smallest absolute Gasteiger partial charge is 0.243 e. The van der Waals surface area contributed by atoms with Crippen LogP contribution >= 0.6 is 11.6 Å².